The Morgan fingerprint density at radius 3 is 2.57 bits per heavy atom. The van der Waals surface area contributed by atoms with Crippen molar-refractivity contribution >= 4 is 11.6 Å². The number of rotatable bonds is 2. The van der Waals surface area contributed by atoms with Crippen molar-refractivity contribution in [1.29, 1.82) is 0 Å². The van der Waals surface area contributed by atoms with E-state index in [0.29, 0.717) is 10.6 Å². The van der Waals surface area contributed by atoms with Gasteiger partial charge in [-0.1, -0.05) is 11.6 Å². The van der Waals surface area contributed by atoms with E-state index in [4.69, 9.17) is 17.3 Å². The van der Waals surface area contributed by atoms with Gasteiger partial charge in [-0.3, -0.25) is 0 Å². The molecule has 0 aromatic heterocycles. The van der Waals surface area contributed by atoms with Gasteiger partial charge in [0.2, 0.25) is 0 Å². The van der Waals surface area contributed by atoms with Crippen LogP contribution in [-0.4, -0.2) is 11.1 Å². The maximum Gasteiger partial charge on any atom is 0.129 e. The third-order valence-corrected chi connectivity index (χ3v) is 2.50. The van der Waals surface area contributed by atoms with E-state index in [0.717, 1.165) is 0 Å². The van der Waals surface area contributed by atoms with Crippen molar-refractivity contribution in [3.8, 4) is 0 Å². The minimum Gasteiger partial charge on any atom is -0.387 e. The minimum atomic E-state index is -1.02. The van der Waals surface area contributed by atoms with Gasteiger partial charge in [-0.25, -0.2) is 4.39 Å². The van der Waals surface area contributed by atoms with Crippen molar-refractivity contribution in [1.82, 2.24) is 0 Å². The highest BCUT2D eigenvalue weighted by atomic mass is 35.5. The summed E-state index contributed by atoms with van der Waals surface area (Å²) in [4.78, 5) is 0. The topological polar surface area (TPSA) is 46.2 Å². The molecule has 2 atom stereocenters. The van der Waals surface area contributed by atoms with Crippen LogP contribution >= 0.6 is 11.6 Å². The Kier molecular flexibility index (Phi) is 3.48. The zero-order valence-electron chi connectivity index (χ0n) is 8.09. The molecule has 0 spiro atoms. The van der Waals surface area contributed by atoms with E-state index in [1.807, 2.05) is 0 Å². The zero-order valence-corrected chi connectivity index (χ0v) is 8.85. The predicted molar refractivity (Wildman–Crippen MR) is 54.8 cm³/mol. The van der Waals surface area contributed by atoms with E-state index in [-0.39, 0.29) is 5.56 Å². The van der Waals surface area contributed by atoms with Crippen molar-refractivity contribution in [3.05, 3.63) is 34.1 Å². The summed E-state index contributed by atoms with van der Waals surface area (Å²) < 4.78 is 13.4. The van der Waals surface area contributed by atoms with E-state index >= 15 is 0 Å². The minimum absolute atomic E-state index is 0.149. The van der Waals surface area contributed by atoms with Crippen LogP contribution in [0.5, 0.6) is 0 Å². The van der Waals surface area contributed by atoms with Gasteiger partial charge in [0.15, 0.2) is 0 Å². The first-order valence-corrected chi connectivity index (χ1v) is 4.70. The second kappa shape index (κ2) is 4.26. The first-order chi connectivity index (χ1) is 6.43. The molecular formula is C10H13ClFNO. The number of hydrogen-bond acceptors (Lipinski definition) is 2. The quantitative estimate of drug-likeness (QED) is 0.798. The largest absolute Gasteiger partial charge is 0.387 e. The SMILES string of the molecule is Cc1cc(F)c([C@H](O)[C@@H](C)N)cc1Cl. The van der Waals surface area contributed by atoms with Gasteiger partial charge in [0.05, 0.1) is 6.10 Å². The summed E-state index contributed by atoms with van der Waals surface area (Å²) in [5.41, 5.74) is 6.26. The van der Waals surface area contributed by atoms with Gasteiger partial charge in [-0.05, 0) is 31.5 Å². The lowest BCUT2D eigenvalue weighted by atomic mass is 10.0. The zero-order chi connectivity index (χ0) is 10.9. The average molecular weight is 218 g/mol. The molecule has 0 heterocycles. The number of nitrogens with two attached hydrogens (primary N) is 1. The number of benzene rings is 1. The van der Waals surface area contributed by atoms with Gasteiger partial charge in [-0.2, -0.15) is 0 Å². The highest BCUT2D eigenvalue weighted by molar-refractivity contribution is 6.31. The number of hydrogen-bond donors (Lipinski definition) is 2. The smallest absolute Gasteiger partial charge is 0.129 e. The predicted octanol–water partition coefficient (Wildman–Crippen LogP) is 2.17. The Hall–Kier alpha value is -0.640. The second-order valence-electron chi connectivity index (χ2n) is 3.43. The second-order valence-corrected chi connectivity index (χ2v) is 3.83. The fourth-order valence-corrected chi connectivity index (χ4v) is 1.34. The Morgan fingerprint density at radius 2 is 2.07 bits per heavy atom. The van der Waals surface area contributed by atoms with Crippen molar-refractivity contribution in [2.75, 3.05) is 0 Å². The number of aryl methyl sites for hydroxylation is 1. The Morgan fingerprint density at radius 1 is 1.50 bits per heavy atom. The molecule has 0 saturated carbocycles. The fraction of sp³-hybridized carbons (Fsp3) is 0.400. The molecule has 0 aliphatic carbocycles. The lowest BCUT2D eigenvalue weighted by Crippen LogP contribution is -2.25. The van der Waals surface area contributed by atoms with Crippen molar-refractivity contribution in [2.45, 2.75) is 26.0 Å². The van der Waals surface area contributed by atoms with Crippen LogP contribution in [0.2, 0.25) is 5.02 Å². The van der Waals surface area contributed by atoms with E-state index in [2.05, 4.69) is 0 Å². The number of aliphatic hydroxyl groups excluding tert-OH is 1. The summed E-state index contributed by atoms with van der Waals surface area (Å²) in [7, 11) is 0. The molecule has 1 aromatic carbocycles. The van der Waals surface area contributed by atoms with Crippen LogP contribution in [0.15, 0.2) is 12.1 Å². The van der Waals surface area contributed by atoms with Crippen LogP contribution in [0, 0.1) is 12.7 Å². The lowest BCUT2D eigenvalue weighted by Gasteiger charge is -2.16. The van der Waals surface area contributed by atoms with Gasteiger partial charge in [0.1, 0.15) is 5.82 Å². The molecule has 0 amide bonds. The van der Waals surface area contributed by atoms with Crippen LogP contribution in [0.3, 0.4) is 0 Å². The van der Waals surface area contributed by atoms with Crippen molar-refractivity contribution in [3.63, 3.8) is 0 Å². The molecule has 0 saturated heterocycles. The van der Waals surface area contributed by atoms with Crippen LogP contribution in [0.25, 0.3) is 0 Å². The molecule has 14 heavy (non-hydrogen) atoms. The first-order valence-electron chi connectivity index (χ1n) is 4.32. The Balaban J connectivity index is 3.15. The molecule has 1 rings (SSSR count). The highest BCUT2D eigenvalue weighted by Crippen LogP contribution is 2.25. The van der Waals surface area contributed by atoms with E-state index < -0.39 is 18.0 Å². The van der Waals surface area contributed by atoms with Crippen molar-refractivity contribution < 1.29 is 9.50 Å². The first kappa shape index (κ1) is 11.4. The summed E-state index contributed by atoms with van der Waals surface area (Å²) in [6.45, 7) is 3.31. The summed E-state index contributed by atoms with van der Waals surface area (Å²) in [6.07, 6.45) is -1.02. The number of aliphatic hydroxyl groups is 1. The van der Waals surface area contributed by atoms with Crippen LogP contribution in [0.4, 0.5) is 4.39 Å². The Bertz CT molecular complexity index is 341. The third kappa shape index (κ3) is 2.23. The molecule has 3 N–H and O–H groups in total. The summed E-state index contributed by atoms with van der Waals surface area (Å²) in [5.74, 6) is -0.475. The Labute approximate surface area is 87.5 Å². The van der Waals surface area contributed by atoms with Gasteiger partial charge >= 0.3 is 0 Å². The molecule has 0 bridgehead atoms. The maximum atomic E-state index is 13.4. The van der Waals surface area contributed by atoms with Gasteiger partial charge in [-0.15, -0.1) is 0 Å². The lowest BCUT2D eigenvalue weighted by molar-refractivity contribution is 0.149. The van der Waals surface area contributed by atoms with Crippen LogP contribution < -0.4 is 5.73 Å². The van der Waals surface area contributed by atoms with E-state index in [1.165, 1.54) is 12.1 Å². The molecule has 0 fully saturated rings. The van der Waals surface area contributed by atoms with Crippen LogP contribution in [-0.2, 0) is 0 Å². The van der Waals surface area contributed by atoms with Gasteiger partial charge in [0.25, 0.3) is 0 Å². The van der Waals surface area contributed by atoms with Crippen LogP contribution in [0.1, 0.15) is 24.2 Å². The van der Waals surface area contributed by atoms with Gasteiger partial charge < -0.3 is 10.8 Å². The molecule has 0 aliphatic heterocycles. The monoisotopic (exact) mass is 217 g/mol. The van der Waals surface area contributed by atoms with Crippen molar-refractivity contribution in [2.24, 2.45) is 5.73 Å². The molecule has 2 nitrogen and oxygen atoms in total. The fourth-order valence-electron chi connectivity index (χ4n) is 1.17. The summed E-state index contributed by atoms with van der Waals surface area (Å²) in [6, 6.07) is 2.19. The normalized spacial score (nSPS) is 15.3. The maximum absolute atomic E-state index is 13.4. The molecule has 4 heteroatoms. The molecule has 1 aromatic rings. The van der Waals surface area contributed by atoms with Gasteiger partial charge in [0, 0.05) is 16.6 Å². The molecule has 0 radical (unpaired) electrons. The average Bonchev–Trinajstić information content (AvgIpc) is 2.10. The third-order valence-electron chi connectivity index (χ3n) is 2.09. The number of halogens is 2. The molecular weight excluding hydrogens is 205 g/mol. The standard InChI is InChI=1S/C10H13ClFNO/c1-5-3-9(12)7(4-8(5)11)10(14)6(2)13/h3-4,6,10,14H,13H2,1-2H3/t6-,10-/m1/s1. The van der Waals surface area contributed by atoms with E-state index in [9.17, 15) is 9.50 Å². The molecule has 0 aliphatic rings. The highest BCUT2D eigenvalue weighted by Gasteiger charge is 2.17. The molecule has 0 unspecified atom stereocenters. The van der Waals surface area contributed by atoms with E-state index in [1.54, 1.807) is 13.8 Å². The summed E-state index contributed by atoms with van der Waals surface area (Å²) in [5, 5.41) is 10.0. The molecule has 78 valence electrons. The summed E-state index contributed by atoms with van der Waals surface area (Å²) >= 11 is 5.82.